The third kappa shape index (κ3) is 7.64. The van der Waals surface area contributed by atoms with E-state index in [2.05, 4.69) is 26.5 Å². The Labute approximate surface area is 224 Å². The van der Waals surface area contributed by atoms with E-state index < -0.39 is 0 Å². The smallest absolute Gasteiger partial charge is 0.277 e. The molecule has 10 heteroatoms. The molecule has 0 bridgehead atoms. The number of carbonyl (C=O) groups is 1. The van der Waals surface area contributed by atoms with Crippen molar-refractivity contribution in [3.8, 4) is 11.5 Å². The zero-order chi connectivity index (χ0) is 24.6. The maximum atomic E-state index is 13.0. The van der Waals surface area contributed by atoms with Gasteiger partial charge in [-0.1, -0.05) is 35.9 Å². The molecule has 0 aromatic heterocycles. The topological polar surface area (TPSA) is 59.9 Å². The number of hydrogen-bond donors (Lipinski definition) is 1. The van der Waals surface area contributed by atoms with Crippen LogP contribution in [-0.2, 0) is 11.4 Å². The van der Waals surface area contributed by atoms with Crippen LogP contribution in [0.2, 0.25) is 5.02 Å². The highest BCUT2D eigenvalue weighted by Crippen LogP contribution is 2.45. The van der Waals surface area contributed by atoms with Crippen LogP contribution < -0.4 is 14.9 Å². The number of hydrogen-bond acceptors (Lipinski definition) is 6. The van der Waals surface area contributed by atoms with Gasteiger partial charge < -0.3 is 9.47 Å². The fraction of sp³-hybridized carbons (Fsp3) is 0.200. The number of benzene rings is 3. The SMILES string of the molecule is O=C(COc1ccc(C2SCCS2)cc1)N/N=C\c1cc(Cl)c(OCc2ccc(F)cc2)c(Br)c1. The lowest BCUT2D eigenvalue weighted by atomic mass is 10.2. The van der Waals surface area contributed by atoms with Crippen LogP contribution in [0.1, 0.15) is 21.3 Å². The molecule has 1 amide bonds. The Hall–Kier alpha value is -2.20. The summed E-state index contributed by atoms with van der Waals surface area (Å²) in [5, 5.41) is 4.34. The van der Waals surface area contributed by atoms with Gasteiger partial charge in [-0.2, -0.15) is 5.10 Å². The van der Waals surface area contributed by atoms with Crippen LogP contribution in [0.5, 0.6) is 11.5 Å². The lowest BCUT2D eigenvalue weighted by molar-refractivity contribution is -0.123. The van der Waals surface area contributed by atoms with Crippen LogP contribution in [-0.4, -0.2) is 30.2 Å². The molecule has 0 unspecified atom stereocenters. The van der Waals surface area contributed by atoms with E-state index in [0.29, 0.717) is 31.1 Å². The highest BCUT2D eigenvalue weighted by molar-refractivity contribution is 9.10. The first-order chi connectivity index (χ1) is 17.0. The number of amides is 1. The predicted molar refractivity (Wildman–Crippen MR) is 145 cm³/mol. The van der Waals surface area contributed by atoms with E-state index >= 15 is 0 Å². The number of halogens is 3. The minimum absolute atomic E-state index is 0.149. The van der Waals surface area contributed by atoms with Gasteiger partial charge in [0, 0.05) is 11.5 Å². The van der Waals surface area contributed by atoms with Crippen LogP contribution in [0, 0.1) is 5.82 Å². The van der Waals surface area contributed by atoms with Crippen molar-refractivity contribution in [3.05, 3.63) is 92.7 Å². The Kier molecular flexibility index (Phi) is 9.37. The molecular weight excluding hydrogens is 575 g/mol. The van der Waals surface area contributed by atoms with Crippen molar-refractivity contribution in [2.24, 2.45) is 5.10 Å². The molecule has 0 aliphatic carbocycles. The predicted octanol–water partition coefficient (Wildman–Crippen LogP) is 6.83. The Morgan fingerprint density at radius 3 is 2.51 bits per heavy atom. The fourth-order valence-corrected chi connectivity index (χ4v) is 7.01. The third-order valence-electron chi connectivity index (χ3n) is 4.86. The molecule has 1 aliphatic rings. The van der Waals surface area contributed by atoms with E-state index in [1.165, 1.54) is 35.4 Å². The minimum Gasteiger partial charge on any atom is -0.486 e. The first kappa shape index (κ1) is 25.9. The van der Waals surface area contributed by atoms with Crippen molar-refractivity contribution in [2.75, 3.05) is 18.1 Å². The quantitative estimate of drug-likeness (QED) is 0.217. The van der Waals surface area contributed by atoms with E-state index in [4.69, 9.17) is 21.1 Å². The number of nitrogens with zero attached hydrogens (tertiary/aromatic N) is 1. The summed E-state index contributed by atoms with van der Waals surface area (Å²) in [5.41, 5.74) is 5.18. The summed E-state index contributed by atoms with van der Waals surface area (Å²) in [6.45, 7) is 0.0908. The summed E-state index contributed by atoms with van der Waals surface area (Å²) in [7, 11) is 0. The lowest BCUT2D eigenvalue weighted by Gasteiger charge is -2.11. The maximum absolute atomic E-state index is 13.0. The summed E-state index contributed by atoms with van der Waals surface area (Å²) in [6.07, 6.45) is 1.48. The molecule has 3 aromatic rings. The molecule has 5 nitrogen and oxygen atoms in total. The van der Waals surface area contributed by atoms with Crippen molar-refractivity contribution in [2.45, 2.75) is 11.2 Å². The van der Waals surface area contributed by atoms with E-state index in [-0.39, 0.29) is 24.9 Å². The summed E-state index contributed by atoms with van der Waals surface area (Å²) >= 11 is 13.7. The van der Waals surface area contributed by atoms with Crippen LogP contribution in [0.15, 0.2) is 70.2 Å². The number of rotatable bonds is 9. The molecule has 35 heavy (non-hydrogen) atoms. The summed E-state index contributed by atoms with van der Waals surface area (Å²) < 4.78 is 25.5. The van der Waals surface area contributed by atoms with Crippen molar-refractivity contribution in [1.82, 2.24) is 5.43 Å². The van der Waals surface area contributed by atoms with Gasteiger partial charge in [-0.25, -0.2) is 9.82 Å². The third-order valence-corrected chi connectivity index (χ3v) is 8.84. The lowest BCUT2D eigenvalue weighted by Crippen LogP contribution is -2.24. The molecular formula is C25H21BrClFN2O3S2. The molecule has 1 N–H and O–H groups in total. The van der Waals surface area contributed by atoms with Gasteiger partial charge in [-0.05, 0) is 69.0 Å². The van der Waals surface area contributed by atoms with E-state index in [1.807, 2.05) is 47.8 Å². The molecule has 0 spiro atoms. The van der Waals surface area contributed by atoms with Gasteiger partial charge >= 0.3 is 0 Å². The van der Waals surface area contributed by atoms with Crippen molar-refractivity contribution >= 4 is 63.2 Å². The number of carbonyl (C=O) groups excluding carboxylic acids is 1. The molecule has 1 saturated heterocycles. The van der Waals surface area contributed by atoms with Crippen molar-refractivity contribution < 1.29 is 18.7 Å². The molecule has 1 aliphatic heterocycles. The van der Waals surface area contributed by atoms with Gasteiger partial charge in [-0.15, -0.1) is 23.5 Å². The average Bonchev–Trinajstić information content (AvgIpc) is 3.39. The maximum Gasteiger partial charge on any atom is 0.277 e. The van der Waals surface area contributed by atoms with Gasteiger partial charge in [-0.3, -0.25) is 4.79 Å². The van der Waals surface area contributed by atoms with E-state index in [9.17, 15) is 9.18 Å². The van der Waals surface area contributed by atoms with Crippen molar-refractivity contribution in [1.29, 1.82) is 0 Å². The minimum atomic E-state index is -0.378. The fourth-order valence-electron chi connectivity index (χ4n) is 3.16. The normalized spacial score (nSPS) is 13.8. The Balaban J connectivity index is 1.25. The summed E-state index contributed by atoms with van der Waals surface area (Å²) in [6, 6.07) is 17.3. The molecule has 1 heterocycles. The second-order valence-corrected chi connectivity index (χ2v) is 11.4. The van der Waals surface area contributed by atoms with E-state index in [0.717, 1.165) is 5.56 Å². The summed E-state index contributed by atoms with van der Waals surface area (Å²) in [5.74, 6) is 2.76. The van der Waals surface area contributed by atoms with E-state index in [1.54, 1.807) is 24.3 Å². The molecule has 0 saturated carbocycles. The Bertz CT molecular complexity index is 1170. The monoisotopic (exact) mass is 594 g/mol. The first-order valence-electron chi connectivity index (χ1n) is 10.6. The molecule has 0 radical (unpaired) electrons. The van der Waals surface area contributed by atoms with Crippen molar-refractivity contribution in [3.63, 3.8) is 0 Å². The zero-order valence-corrected chi connectivity index (χ0v) is 22.4. The highest BCUT2D eigenvalue weighted by atomic mass is 79.9. The van der Waals surface area contributed by atoms with Gasteiger partial charge in [0.15, 0.2) is 12.4 Å². The largest absolute Gasteiger partial charge is 0.486 e. The number of ether oxygens (including phenoxy) is 2. The van der Waals surface area contributed by atoms with Crippen LogP contribution in [0.25, 0.3) is 0 Å². The highest BCUT2D eigenvalue weighted by Gasteiger charge is 2.18. The average molecular weight is 596 g/mol. The molecule has 1 fully saturated rings. The molecule has 182 valence electrons. The van der Waals surface area contributed by atoms with Gasteiger partial charge in [0.05, 0.1) is 20.3 Å². The second-order valence-electron chi connectivity index (χ2n) is 7.45. The van der Waals surface area contributed by atoms with Crippen LogP contribution in [0.3, 0.4) is 0 Å². The molecule has 0 atom stereocenters. The molecule has 4 rings (SSSR count). The van der Waals surface area contributed by atoms with Gasteiger partial charge in [0.25, 0.3) is 5.91 Å². The first-order valence-corrected chi connectivity index (χ1v) is 13.9. The Morgan fingerprint density at radius 2 is 1.83 bits per heavy atom. The number of thioether (sulfide) groups is 2. The zero-order valence-electron chi connectivity index (χ0n) is 18.4. The van der Waals surface area contributed by atoms with Gasteiger partial charge in [0.1, 0.15) is 18.2 Å². The van der Waals surface area contributed by atoms with Crippen LogP contribution >= 0.6 is 51.1 Å². The number of hydrazone groups is 1. The molecule has 3 aromatic carbocycles. The summed E-state index contributed by atoms with van der Waals surface area (Å²) in [4.78, 5) is 12.1. The second kappa shape index (κ2) is 12.7. The van der Waals surface area contributed by atoms with Gasteiger partial charge in [0.2, 0.25) is 0 Å². The number of nitrogens with one attached hydrogen (secondary N) is 1. The standard InChI is InChI=1S/C25H21BrClFN2O3S2/c26-21-11-17(12-22(27)24(21)33-14-16-1-5-19(28)6-2-16)13-29-30-23(31)15-32-20-7-3-18(4-8-20)25-34-9-10-35-25/h1-8,11-13,25H,9-10,14-15H2,(H,30,31)/b29-13-. The Morgan fingerprint density at radius 1 is 1.11 bits per heavy atom. The van der Waals surface area contributed by atoms with Crippen LogP contribution in [0.4, 0.5) is 4.39 Å².